The van der Waals surface area contributed by atoms with Gasteiger partial charge in [-0.15, -0.1) is 0 Å². The molecule has 14 nitrogen and oxygen atoms in total. The Morgan fingerprint density at radius 2 is 0.667 bits per heavy atom. The number of benzene rings is 12. The largest absolute Gasteiger partial charge is 0.497 e. The van der Waals surface area contributed by atoms with E-state index in [1.807, 2.05) is 244 Å². The number of hydrogen-bond donors (Lipinski definition) is 0. The number of nitrogens with zero attached hydrogens (tertiary/aromatic N) is 5. The quantitative estimate of drug-likeness (QED) is 0.0453. The first-order chi connectivity index (χ1) is 52.8. The fourth-order valence-corrected chi connectivity index (χ4v) is 11.7. The van der Waals surface area contributed by atoms with E-state index in [0.29, 0.717) is 68.6 Å². The van der Waals surface area contributed by atoms with Crippen molar-refractivity contribution in [3.63, 3.8) is 0 Å². The molecule has 0 unspecified atom stereocenters. The van der Waals surface area contributed by atoms with Crippen LogP contribution in [-0.2, 0) is 45.4 Å². The maximum Gasteiger partial charge on any atom is 0.258 e. The van der Waals surface area contributed by atoms with E-state index in [2.05, 4.69) is 6.07 Å². The number of carbonyl (C=O) groups excluding carboxylic acids is 4. The highest BCUT2D eigenvalue weighted by Crippen LogP contribution is 2.39. The molecule has 0 saturated heterocycles. The van der Waals surface area contributed by atoms with Gasteiger partial charge in [-0.2, -0.15) is 5.26 Å². The molecule has 0 aromatic heterocycles. The Morgan fingerprint density at radius 3 is 1.06 bits per heavy atom. The summed E-state index contributed by atoms with van der Waals surface area (Å²) < 4.78 is 81.9. The number of carbonyl (C=O) groups is 4. The van der Waals surface area contributed by atoms with Crippen molar-refractivity contribution >= 4 is 58.1 Å². The molecule has 0 atom stereocenters. The van der Waals surface area contributed by atoms with Gasteiger partial charge in [0, 0.05) is 15.4 Å². The summed E-state index contributed by atoms with van der Waals surface area (Å²) in [5.74, 6) is 2.31. The third-order valence-corrected chi connectivity index (χ3v) is 17.0. The Hall–Kier alpha value is -12.9. The zero-order chi connectivity index (χ0) is 76.2. The molecule has 12 aromatic rings. The SMILES string of the molecule is CC(C)Oc1ccccc1CN(C(=O)CF)c1ccccc1Oc1ccccc1.COc1ccc(CN(C(=O)CF)c2ccccc2Oc2ccccc2)cc1.N#Cc1ccc(CN(C(=O)CF)c2ccccc2Sc2ccccc2)cc1.O=C(CF)N(Cc1ccccc1)c1ccccc1Oc1ccccc1. The van der Waals surface area contributed by atoms with Crippen molar-refractivity contribution in [3.05, 3.63) is 349 Å². The molecule has 0 saturated carbocycles. The van der Waals surface area contributed by atoms with Gasteiger partial charge in [-0.25, -0.2) is 17.6 Å². The predicted octanol–water partition coefficient (Wildman–Crippen LogP) is 21.0. The highest BCUT2D eigenvalue weighted by molar-refractivity contribution is 7.99. The second-order valence-corrected chi connectivity index (χ2v) is 25.0. The van der Waals surface area contributed by atoms with Gasteiger partial charge in [-0.1, -0.05) is 206 Å². The van der Waals surface area contributed by atoms with Crippen LogP contribution in [-0.4, -0.2) is 63.5 Å². The van der Waals surface area contributed by atoms with Crippen molar-refractivity contribution in [2.75, 3.05) is 53.4 Å². The zero-order valence-corrected chi connectivity index (χ0v) is 60.5. The fourth-order valence-electron chi connectivity index (χ4n) is 10.8. The van der Waals surface area contributed by atoms with E-state index >= 15 is 0 Å². The lowest BCUT2D eigenvalue weighted by Gasteiger charge is -2.25. The van der Waals surface area contributed by atoms with Crippen LogP contribution in [0.3, 0.4) is 0 Å². The van der Waals surface area contributed by atoms with Gasteiger partial charge in [-0.05, 0) is 158 Å². The Morgan fingerprint density at radius 1 is 0.352 bits per heavy atom. The van der Waals surface area contributed by atoms with E-state index in [-0.39, 0.29) is 32.3 Å². The standard InChI is InChI=1S/C24H24FNO3.C22H17FN2OS.C22H20FNO3.C21H18FNO2/c1-18(2)28-22-14-8-6-10-19(22)17-26(24(27)16-25)21-13-7-9-15-23(21)29-20-11-4-3-5-12-20;23-14-22(26)25(16-18-12-10-17(15-24)11-13-18)20-8-4-5-9-21(20)27-19-6-2-1-3-7-19;1-26-18-13-11-17(12-14-18)16-24(22(25)15-23)20-9-5-6-10-21(20)27-19-7-3-2-4-8-19;22-15-21(24)23(16-17-9-3-1-4-10-17)19-13-7-8-14-20(19)25-18-11-5-2-6-12-18/h3-15,18H,16-17H2,1-2H3;1-13H,14,16H2;2-14H,15-16H2,1H3;1-14H,15-16H2. The molecule has 0 aliphatic carbocycles. The first kappa shape index (κ1) is 79.2. The Kier molecular flexibility index (Phi) is 30.9. The van der Waals surface area contributed by atoms with E-state index in [0.717, 1.165) is 37.8 Å². The first-order valence-corrected chi connectivity index (χ1v) is 35.2. The lowest BCUT2D eigenvalue weighted by Crippen LogP contribution is -2.32. The van der Waals surface area contributed by atoms with E-state index in [1.165, 1.54) is 31.4 Å². The normalized spacial score (nSPS) is 10.4. The Bertz CT molecular complexity index is 4820. The second kappa shape index (κ2) is 42.1. The summed E-state index contributed by atoms with van der Waals surface area (Å²) in [5.41, 5.74) is 6.15. The summed E-state index contributed by atoms with van der Waals surface area (Å²) in [6, 6.07) is 99.7. The minimum atomic E-state index is -1.10. The topological polar surface area (TPSA) is 151 Å². The molecule has 0 N–H and O–H groups in total. The number of nitriles is 1. The minimum absolute atomic E-state index is 0.0184. The van der Waals surface area contributed by atoms with Gasteiger partial charge in [0.1, 0.15) is 28.7 Å². The van der Waals surface area contributed by atoms with Gasteiger partial charge in [0.2, 0.25) is 0 Å². The van der Waals surface area contributed by atoms with Crippen LogP contribution in [0.5, 0.6) is 46.0 Å². The van der Waals surface area contributed by atoms with E-state index in [1.54, 1.807) is 98.1 Å². The number of rotatable bonds is 27. The monoisotopic (exact) mass is 1470 g/mol. The lowest BCUT2D eigenvalue weighted by molar-refractivity contribution is -0.120. The third-order valence-electron chi connectivity index (χ3n) is 15.9. The molecule has 0 heterocycles. The molecular weight excluding hydrogens is 1390 g/mol. The molecule has 0 radical (unpaired) electrons. The maximum atomic E-state index is 13.4. The molecule has 12 aromatic carbocycles. The predicted molar refractivity (Wildman–Crippen MR) is 417 cm³/mol. The zero-order valence-electron chi connectivity index (χ0n) is 59.7. The van der Waals surface area contributed by atoms with Gasteiger partial charge in [-0.3, -0.25) is 19.2 Å². The van der Waals surface area contributed by atoms with Gasteiger partial charge in [0.25, 0.3) is 23.6 Å². The average molecular weight is 1470 g/mol. The van der Waals surface area contributed by atoms with Crippen molar-refractivity contribution in [2.45, 2.75) is 55.9 Å². The Balaban J connectivity index is 0.000000166. The van der Waals surface area contributed by atoms with E-state index < -0.39 is 50.3 Å². The fraction of sp³-hybridized carbons (Fsp3) is 0.135. The molecular formula is C89H79F4N5O9S. The van der Waals surface area contributed by atoms with Crippen LogP contribution in [0.25, 0.3) is 0 Å². The summed E-state index contributed by atoms with van der Waals surface area (Å²) in [4.78, 5) is 56.9. The number of alkyl halides is 4. The molecule has 0 fully saturated rings. The van der Waals surface area contributed by atoms with Gasteiger partial charge >= 0.3 is 0 Å². The molecule has 0 aliphatic heterocycles. The molecule has 4 amide bonds. The molecule has 0 spiro atoms. The summed E-state index contributed by atoms with van der Waals surface area (Å²) in [7, 11) is 1.59. The smallest absolute Gasteiger partial charge is 0.258 e. The molecule has 108 heavy (non-hydrogen) atoms. The first-order valence-electron chi connectivity index (χ1n) is 34.4. The highest BCUT2D eigenvalue weighted by atomic mass is 32.2. The van der Waals surface area contributed by atoms with Crippen LogP contribution >= 0.6 is 11.8 Å². The average Bonchev–Trinajstić information content (AvgIpc) is 0.835. The minimum Gasteiger partial charge on any atom is -0.497 e. The van der Waals surface area contributed by atoms with Crippen molar-refractivity contribution in [3.8, 4) is 52.1 Å². The highest BCUT2D eigenvalue weighted by Gasteiger charge is 2.25. The van der Waals surface area contributed by atoms with Crippen molar-refractivity contribution < 1.29 is 60.4 Å². The van der Waals surface area contributed by atoms with E-state index in [4.69, 9.17) is 28.9 Å². The summed E-state index contributed by atoms with van der Waals surface area (Å²) in [5, 5.41) is 8.92. The number of methoxy groups -OCH3 is 1. The summed E-state index contributed by atoms with van der Waals surface area (Å²) in [6.45, 7) is 0.451. The lowest BCUT2D eigenvalue weighted by atomic mass is 10.1. The molecule has 12 rings (SSSR count). The third kappa shape index (κ3) is 23.8. The second-order valence-electron chi connectivity index (χ2n) is 23.9. The number of amides is 4. The van der Waals surface area contributed by atoms with Crippen molar-refractivity contribution in [1.82, 2.24) is 0 Å². The number of anilines is 4. The maximum absolute atomic E-state index is 13.4. The van der Waals surface area contributed by atoms with Crippen LogP contribution in [0.2, 0.25) is 0 Å². The van der Waals surface area contributed by atoms with Gasteiger partial charge in [0.15, 0.2) is 43.9 Å². The molecule has 0 aliphatic rings. The number of halogens is 4. The van der Waals surface area contributed by atoms with Crippen LogP contribution < -0.4 is 43.3 Å². The van der Waals surface area contributed by atoms with Gasteiger partial charge < -0.3 is 43.3 Å². The van der Waals surface area contributed by atoms with Gasteiger partial charge in [0.05, 0.1) is 73.8 Å². The van der Waals surface area contributed by atoms with E-state index in [9.17, 15) is 36.7 Å². The number of para-hydroxylation sites is 11. The molecule has 19 heteroatoms. The van der Waals surface area contributed by atoms with Crippen molar-refractivity contribution in [2.24, 2.45) is 0 Å². The van der Waals surface area contributed by atoms with Crippen LogP contribution in [0.15, 0.2) is 331 Å². The van der Waals surface area contributed by atoms with Crippen LogP contribution in [0.4, 0.5) is 40.3 Å². The van der Waals surface area contributed by atoms with Crippen LogP contribution in [0, 0.1) is 11.3 Å². The van der Waals surface area contributed by atoms with Crippen molar-refractivity contribution in [1.29, 1.82) is 5.26 Å². The Labute approximate surface area is 631 Å². The molecule has 548 valence electrons. The number of ether oxygens (including phenoxy) is 5. The summed E-state index contributed by atoms with van der Waals surface area (Å²) >= 11 is 1.53. The van der Waals surface area contributed by atoms with Crippen LogP contribution in [0.1, 0.15) is 41.7 Å². The summed E-state index contributed by atoms with van der Waals surface area (Å²) in [6.07, 6.45) is -0.0184. The number of hydrogen-bond acceptors (Lipinski definition) is 11. The molecule has 0 bridgehead atoms.